The topological polar surface area (TPSA) is 87.7 Å². The van der Waals surface area contributed by atoms with Crippen LogP contribution in [0.15, 0.2) is 40.2 Å². The van der Waals surface area contributed by atoms with E-state index in [9.17, 15) is 5.26 Å². The van der Waals surface area contributed by atoms with Gasteiger partial charge in [0.15, 0.2) is 0 Å². The number of H-pyrrole nitrogens is 1. The van der Waals surface area contributed by atoms with Crippen LogP contribution in [0, 0.1) is 18.3 Å². The van der Waals surface area contributed by atoms with E-state index >= 15 is 0 Å². The summed E-state index contributed by atoms with van der Waals surface area (Å²) in [5.41, 5.74) is 8.29. The van der Waals surface area contributed by atoms with Crippen LogP contribution in [0.4, 0.5) is 0 Å². The van der Waals surface area contributed by atoms with Gasteiger partial charge in [-0.25, -0.2) is 0 Å². The maximum Gasteiger partial charge on any atom is 0.244 e. The summed E-state index contributed by atoms with van der Waals surface area (Å²) in [6.45, 7) is 3.87. The Hall–Kier alpha value is -2.26. The molecular formula is C15H13BrN4O. The summed E-state index contributed by atoms with van der Waals surface area (Å²) in [6.07, 6.45) is 0. The molecular weight excluding hydrogens is 332 g/mol. The van der Waals surface area contributed by atoms with Gasteiger partial charge in [0.2, 0.25) is 11.8 Å². The van der Waals surface area contributed by atoms with Crippen LogP contribution in [0.5, 0.6) is 5.88 Å². The molecule has 1 aromatic carbocycles. The number of hydrogen-bond donors (Lipinski definition) is 2. The molecule has 21 heavy (non-hydrogen) atoms. The van der Waals surface area contributed by atoms with Gasteiger partial charge in [0.25, 0.3) is 0 Å². The highest BCUT2D eigenvalue weighted by molar-refractivity contribution is 9.10. The number of nitrogens with zero attached hydrogens (tertiary/aromatic N) is 2. The third-order valence-corrected chi connectivity index (χ3v) is 4.43. The highest BCUT2D eigenvalue weighted by Crippen LogP contribution is 2.47. The van der Waals surface area contributed by atoms with E-state index in [2.05, 4.69) is 32.2 Å². The van der Waals surface area contributed by atoms with E-state index in [-0.39, 0.29) is 5.88 Å². The molecule has 2 heterocycles. The number of hydrogen-bond acceptors (Lipinski definition) is 4. The van der Waals surface area contributed by atoms with E-state index in [0.29, 0.717) is 11.5 Å². The summed E-state index contributed by atoms with van der Waals surface area (Å²) < 4.78 is 6.45. The van der Waals surface area contributed by atoms with E-state index in [1.165, 1.54) is 0 Å². The largest absolute Gasteiger partial charge is 0.420 e. The Balaban J connectivity index is 2.33. The second-order valence-corrected chi connectivity index (χ2v) is 6.03. The fourth-order valence-electron chi connectivity index (χ4n) is 2.83. The molecule has 0 saturated heterocycles. The zero-order valence-electron chi connectivity index (χ0n) is 11.6. The maximum absolute atomic E-state index is 9.56. The lowest BCUT2D eigenvalue weighted by molar-refractivity contribution is 0.362. The highest BCUT2D eigenvalue weighted by atomic mass is 79.9. The molecule has 1 aromatic heterocycles. The zero-order valence-corrected chi connectivity index (χ0v) is 13.2. The number of allylic oxidation sites excluding steroid dienone is 1. The number of aryl methyl sites for hydroxylation is 1. The number of aromatic amines is 1. The van der Waals surface area contributed by atoms with Crippen molar-refractivity contribution in [2.24, 2.45) is 5.73 Å². The monoisotopic (exact) mass is 344 g/mol. The number of nitrogens with one attached hydrogen (secondary N) is 1. The summed E-state index contributed by atoms with van der Waals surface area (Å²) in [7, 11) is 0. The first-order valence-electron chi connectivity index (χ1n) is 6.38. The summed E-state index contributed by atoms with van der Waals surface area (Å²) >= 11 is 3.42. The average molecular weight is 345 g/mol. The highest BCUT2D eigenvalue weighted by Gasteiger charge is 2.44. The van der Waals surface area contributed by atoms with E-state index in [0.717, 1.165) is 21.3 Å². The van der Waals surface area contributed by atoms with Crippen molar-refractivity contribution >= 4 is 15.9 Å². The molecule has 5 nitrogen and oxygen atoms in total. The molecule has 1 atom stereocenters. The Morgan fingerprint density at radius 1 is 1.38 bits per heavy atom. The number of aromatic nitrogens is 2. The number of benzene rings is 1. The lowest BCUT2D eigenvalue weighted by Gasteiger charge is -2.34. The maximum atomic E-state index is 9.56. The summed E-state index contributed by atoms with van der Waals surface area (Å²) in [5.74, 6) is 0.524. The number of nitrogens with two attached hydrogens (primary N) is 1. The van der Waals surface area contributed by atoms with E-state index in [1.807, 2.05) is 38.1 Å². The lowest BCUT2D eigenvalue weighted by atomic mass is 9.70. The van der Waals surface area contributed by atoms with Crippen molar-refractivity contribution < 1.29 is 4.74 Å². The first kappa shape index (κ1) is 13.7. The molecule has 2 aromatic rings. The Labute approximate surface area is 130 Å². The first-order chi connectivity index (χ1) is 9.98. The van der Waals surface area contributed by atoms with Crippen molar-refractivity contribution in [3.63, 3.8) is 0 Å². The number of halogens is 1. The molecule has 1 aliphatic rings. The average Bonchev–Trinajstić information content (AvgIpc) is 2.81. The van der Waals surface area contributed by atoms with E-state index in [4.69, 9.17) is 10.5 Å². The molecule has 0 amide bonds. The van der Waals surface area contributed by atoms with Crippen LogP contribution in [-0.2, 0) is 5.41 Å². The zero-order chi connectivity index (χ0) is 15.2. The third kappa shape index (κ3) is 1.85. The fourth-order valence-corrected chi connectivity index (χ4v) is 3.10. The molecule has 1 aliphatic heterocycles. The van der Waals surface area contributed by atoms with Gasteiger partial charge in [0, 0.05) is 10.2 Å². The normalized spacial score (nSPS) is 20.7. The Morgan fingerprint density at radius 3 is 2.67 bits per heavy atom. The number of rotatable bonds is 1. The molecule has 0 bridgehead atoms. The molecule has 3 N–H and O–H groups in total. The molecule has 1 unspecified atom stereocenters. The number of ether oxygens (including phenoxy) is 1. The molecule has 0 saturated carbocycles. The van der Waals surface area contributed by atoms with Gasteiger partial charge in [-0.2, -0.15) is 5.26 Å². The van der Waals surface area contributed by atoms with Crippen molar-refractivity contribution in [2.45, 2.75) is 19.3 Å². The van der Waals surface area contributed by atoms with Crippen LogP contribution in [0.1, 0.15) is 23.7 Å². The van der Waals surface area contributed by atoms with Crippen LogP contribution in [0.3, 0.4) is 0 Å². The molecule has 3 rings (SSSR count). The Kier molecular flexibility index (Phi) is 3.03. The van der Waals surface area contributed by atoms with Crippen LogP contribution in [0.2, 0.25) is 0 Å². The van der Waals surface area contributed by atoms with Gasteiger partial charge in [-0.3, -0.25) is 5.10 Å². The predicted octanol–water partition coefficient (Wildman–Crippen LogP) is 2.87. The van der Waals surface area contributed by atoms with E-state index in [1.54, 1.807) is 0 Å². The third-order valence-electron chi connectivity index (χ3n) is 3.90. The van der Waals surface area contributed by atoms with Crippen LogP contribution < -0.4 is 10.5 Å². The molecule has 6 heteroatoms. The SMILES string of the molecule is Cc1[nH]nc2c1C(C)(c1ccc(Br)cc1)C(C#N)=C(N)O2. The van der Waals surface area contributed by atoms with Gasteiger partial charge < -0.3 is 10.5 Å². The first-order valence-corrected chi connectivity index (χ1v) is 7.17. The van der Waals surface area contributed by atoms with Crippen LogP contribution >= 0.6 is 15.9 Å². The Morgan fingerprint density at radius 2 is 2.05 bits per heavy atom. The standard InChI is InChI=1S/C15H13BrN4O/c1-8-12-14(20-19-8)21-13(18)11(7-17)15(12,2)9-3-5-10(16)6-4-9/h3-6H,18H2,1-2H3,(H,19,20). The molecule has 0 fully saturated rings. The molecule has 106 valence electrons. The quantitative estimate of drug-likeness (QED) is 0.832. The summed E-state index contributed by atoms with van der Waals surface area (Å²) in [4.78, 5) is 0. The number of nitriles is 1. The predicted molar refractivity (Wildman–Crippen MR) is 81.4 cm³/mol. The minimum absolute atomic E-state index is 0.0990. The van der Waals surface area contributed by atoms with Crippen molar-refractivity contribution in [2.75, 3.05) is 0 Å². The van der Waals surface area contributed by atoms with Gasteiger partial charge in [0.05, 0.1) is 11.0 Å². The van der Waals surface area contributed by atoms with Crippen molar-refractivity contribution in [1.29, 1.82) is 5.26 Å². The molecule has 0 spiro atoms. The van der Waals surface area contributed by atoms with Gasteiger partial charge >= 0.3 is 0 Å². The summed E-state index contributed by atoms with van der Waals surface area (Å²) in [5, 5.41) is 16.6. The second-order valence-electron chi connectivity index (χ2n) is 5.11. The minimum Gasteiger partial charge on any atom is -0.420 e. The van der Waals surface area contributed by atoms with Gasteiger partial charge in [-0.05, 0) is 31.5 Å². The van der Waals surface area contributed by atoms with Gasteiger partial charge in [0.1, 0.15) is 11.6 Å². The second kappa shape index (κ2) is 4.64. The number of fused-ring (bicyclic) bond motifs is 1. The van der Waals surface area contributed by atoms with Crippen molar-refractivity contribution in [3.05, 3.63) is 57.0 Å². The minimum atomic E-state index is -0.690. The summed E-state index contributed by atoms with van der Waals surface area (Å²) in [6, 6.07) is 10.0. The van der Waals surface area contributed by atoms with Gasteiger partial charge in [-0.15, -0.1) is 5.10 Å². The lowest BCUT2D eigenvalue weighted by Crippen LogP contribution is -2.34. The van der Waals surface area contributed by atoms with Crippen LogP contribution in [0.25, 0.3) is 0 Å². The Bertz CT molecular complexity index is 785. The molecule has 0 radical (unpaired) electrons. The van der Waals surface area contributed by atoms with Crippen molar-refractivity contribution in [3.8, 4) is 11.9 Å². The van der Waals surface area contributed by atoms with Gasteiger partial charge in [-0.1, -0.05) is 28.1 Å². The molecule has 0 aliphatic carbocycles. The smallest absolute Gasteiger partial charge is 0.244 e. The fraction of sp³-hybridized carbons (Fsp3) is 0.200. The van der Waals surface area contributed by atoms with E-state index < -0.39 is 5.41 Å². The van der Waals surface area contributed by atoms with Crippen molar-refractivity contribution in [1.82, 2.24) is 10.2 Å². The van der Waals surface area contributed by atoms with Crippen LogP contribution in [-0.4, -0.2) is 10.2 Å².